The van der Waals surface area contributed by atoms with Crippen LogP contribution < -0.4 is 5.32 Å². The fourth-order valence-corrected chi connectivity index (χ4v) is 5.71. The van der Waals surface area contributed by atoms with Crippen molar-refractivity contribution in [1.82, 2.24) is 5.32 Å². The van der Waals surface area contributed by atoms with Crippen molar-refractivity contribution in [2.24, 2.45) is 5.92 Å². The Morgan fingerprint density at radius 2 is 2.12 bits per heavy atom. The van der Waals surface area contributed by atoms with E-state index in [1.54, 1.807) is 0 Å². The van der Waals surface area contributed by atoms with Crippen molar-refractivity contribution >= 4 is 27.3 Å². The molecule has 7 nitrogen and oxygen atoms in total. The summed E-state index contributed by atoms with van der Waals surface area (Å²) in [5.74, 6) is -1.13. The molecule has 2 saturated carbocycles. The summed E-state index contributed by atoms with van der Waals surface area (Å²) in [7, 11) is -2.36. The highest BCUT2D eigenvalue weighted by Gasteiger charge is 2.50. The second-order valence-corrected chi connectivity index (χ2v) is 9.42. The molecule has 0 heterocycles. The van der Waals surface area contributed by atoms with E-state index >= 15 is 0 Å². The lowest BCUT2D eigenvalue weighted by molar-refractivity contribution is -0.128. The summed E-state index contributed by atoms with van der Waals surface area (Å²) in [4.78, 5) is 12.5. The highest BCUT2D eigenvalue weighted by atomic mass is 35.5. The number of carbonyl (C=O) groups excluding carboxylic acids is 1. The van der Waals surface area contributed by atoms with E-state index in [1.807, 2.05) is 0 Å². The minimum atomic E-state index is -3.80. The van der Waals surface area contributed by atoms with Crippen LogP contribution in [0.15, 0.2) is 23.1 Å². The Bertz CT molecular complexity index is 876. The van der Waals surface area contributed by atoms with Gasteiger partial charge in [0.15, 0.2) is 9.84 Å². The number of phenols is 1. The predicted octanol–water partition coefficient (Wildman–Crippen LogP) is 1.79. The molecule has 0 aromatic heterocycles. The lowest BCUT2D eigenvalue weighted by Gasteiger charge is -2.19. The molecule has 0 aliphatic heterocycles. The Morgan fingerprint density at radius 3 is 2.65 bits per heavy atom. The van der Waals surface area contributed by atoms with Gasteiger partial charge in [-0.05, 0) is 43.9 Å². The van der Waals surface area contributed by atoms with Crippen LogP contribution in [0.1, 0.15) is 25.7 Å². The largest absolute Gasteiger partial charge is 0.508 e. The maximum Gasteiger partial charge on any atom is 0.227 e. The van der Waals surface area contributed by atoms with Crippen molar-refractivity contribution in [3.63, 3.8) is 0 Å². The van der Waals surface area contributed by atoms with E-state index in [9.17, 15) is 18.3 Å². The number of sulfone groups is 1. The number of rotatable bonds is 5. The first-order chi connectivity index (χ1) is 12.2. The third-order valence-corrected chi connectivity index (χ3v) is 7.74. The van der Waals surface area contributed by atoms with Crippen LogP contribution in [0, 0.1) is 17.2 Å². The SMILES string of the molecule is CO[C@@H]1C[C@H](S(=O)(=O)c2ccc(O)cc2Cl)C[C@H]1C(=O)NC1(C#N)CC1. The Hall–Kier alpha value is -1.82. The molecule has 2 N–H and O–H groups in total. The van der Waals surface area contributed by atoms with Crippen LogP contribution >= 0.6 is 11.6 Å². The molecule has 0 spiro atoms. The molecular weight excluding hydrogens is 380 g/mol. The normalized spacial score (nSPS) is 26.9. The molecule has 3 rings (SSSR count). The molecular formula is C17H19ClN2O5S. The zero-order valence-corrected chi connectivity index (χ0v) is 15.7. The van der Waals surface area contributed by atoms with E-state index in [1.165, 1.54) is 25.3 Å². The second kappa shape index (κ2) is 6.72. The highest BCUT2D eigenvalue weighted by Crippen LogP contribution is 2.40. The number of hydrogen-bond donors (Lipinski definition) is 2. The first kappa shape index (κ1) is 19.0. The molecule has 1 aromatic rings. The number of nitrogens with zero attached hydrogens (tertiary/aromatic N) is 1. The predicted molar refractivity (Wildman–Crippen MR) is 93.3 cm³/mol. The summed E-state index contributed by atoms with van der Waals surface area (Å²) in [6.45, 7) is 0. The molecule has 26 heavy (non-hydrogen) atoms. The van der Waals surface area contributed by atoms with Gasteiger partial charge in [-0.2, -0.15) is 5.26 Å². The number of halogens is 1. The van der Waals surface area contributed by atoms with Gasteiger partial charge in [-0.3, -0.25) is 4.79 Å². The van der Waals surface area contributed by atoms with Gasteiger partial charge in [0, 0.05) is 7.11 Å². The Kier molecular flexibility index (Phi) is 4.90. The summed E-state index contributed by atoms with van der Waals surface area (Å²) in [5, 5.41) is 20.4. The van der Waals surface area contributed by atoms with E-state index in [-0.39, 0.29) is 34.4 Å². The smallest absolute Gasteiger partial charge is 0.227 e. The van der Waals surface area contributed by atoms with Crippen molar-refractivity contribution in [2.45, 2.75) is 47.5 Å². The highest BCUT2D eigenvalue weighted by molar-refractivity contribution is 7.92. The van der Waals surface area contributed by atoms with Crippen molar-refractivity contribution in [3.05, 3.63) is 23.2 Å². The first-order valence-electron chi connectivity index (χ1n) is 8.21. The number of nitrogens with one attached hydrogen (secondary N) is 1. The molecule has 2 fully saturated rings. The Labute approximate surface area is 156 Å². The zero-order valence-electron chi connectivity index (χ0n) is 14.1. The lowest BCUT2D eigenvalue weighted by Crippen LogP contribution is -2.42. The number of benzene rings is 1. The molecule has 0 bridgehead atoms. The van der Waals surface area contributed by atoms with Crippen molar-refractivity contribution in [3.8, 4) is 11.8 Å². The quantitative estimate of drug-likeness (QED) is 0.780. The number of carbonyl (C=O) groups is 1. The maximum absolute atomic E-state index is 12.9. The molecule has 0 saturated heterocycles. The molecule has 2 aliphatic carbocycles. The van der Waals surface area contributed by atoms with Gasteiger partial charge in [0.2, 0.25) is 5.91 Å². The van der Waals surface area contributed by atoms with Gasteiger partial charge < -0.3 is 15.2 Å². The van der Waals surface area contributed by atoms with Crippen LogP contribution in [-0.4, -0.2) is 43.4 Å². The Balaban J connectivity index is 1.81. The summed E-state index contributed by atoms with van der Waals surface area (Å²) in [6.07, 6.45) is 0.897. The second-order valence-electron chi connectivity index (χ2n) is 6.82. The van der Waals surface area contributed by atoms with E-state index in [2.05, 4.69) is 11.4 Å². The third kappa shape index (κ3) is 3.39. The molecule has 1 amide bonds. The number of hydrogen-bond acceptors (Lipinski definition) is 6. The number of nitriles is 1. The van der Waals surface area contributed by atoms with Crippen molar-refractivity contribution in [2.75, 3.05) is 7.11 Å². The summed E-state index contributed by atoms with van der Waals surface area (Å²) in [6, 6.07) is 5.78. The summed E-state index contributed by atoms with van der Waals surface area (Å²) in [5.41, 5.74) is -0.813. The fraction of sp³-hybridized carbons (Fsp3) is 0.529. The number of aromatic hydroxyl groups is 1. The van der Waals surface area contributed by atoms with E-state index in [0.717, 1.165) is 0 Å². The lowest BCUT2D eigenvalue weighted by atomic mass is 10.0. The summed E-state index contributed by atoms with van der Waals surface area (Å²) < 4.78 is 31.2. The first-order valence-corrected chi connectivity index (χ1v) is 10.1. The van der Waals surface area contributed by atoms with E-state index in [0.29, 0.717) is 12.8 Å². The average Bonchev–Trinajstić information content (AvgIpc) is 3.20. The van der Waals surface area contributed by atoms with Crippen molar-refractivity contribution < 1.29 is 23.1 Å². The van der Waals surface area contributed by atoms with Gasteiger partial charge in [-0.1, -0.05) is 11.6 Å². The van der Waals surface area contributed by atoms with Gasteiger partial charge >= 0.3 is 0 Å². The molecule has 0 radical (unpaired) electrons. The van der Waals surface area contributed by atoms with E-state index in [4.69, 9.17) is 21.6 Å². The standard InChI is InChI=1S/C17H19ClN2O5S/c1-25-14-8-11(7-12(14)16(22)20-17(9-19)4-5-17)26(23,24)15-3-2-10(21)6-13(15)18/h2-3,6,11-12,14,21H,4-5,7-8H2,1H3,(H,20,22)/t11-,12-,14-/m1/s1. The van der Waals surface area contributed by atoms with Crippen molar-refractivity contribution in [1.29, 1.82) is 5.26 Å². The van der Waals surface area contributed by atoms with Gasteiger partial charge in [-0.25, -0.2) is 8.42 Å². The van der Waals surface area contributed by atoms with Crippen LogP contribution in [-0.2, 0) is 19.4 Å². The molecule has 2 aliphatic rings. The van der Waals surface area contributed by atoms with Crippen LogP contribution in [0.2, 0.25) is 5.02 Å². The number of ether oxygens (including phenoxy) is 1. The average molecular weight is 399 g/mol. The van der Waals surface area contributed by atoms with Gasteiger partial charge in [-0.15, -0.1) is 0 Å². The van der Waals surface area contributed by atoms with Crippen LogP contribution in [0.4, 0.5) is 0 Å². The maximum atomic E-state index is 12.9. The molecule has 1 aromatic carbocycles. The van der Waals surface area contributed by atoms with E-state index < -0.39 is 32.6 Å². The number of methoxy groups -OCH3 is 1. The van der Waals surface area contributed by atoms with Crippen LogP contribution in [0.3, 0.4) is 0 Å². The van der Waals surface area contributed by atoms with Gasteiger partial charge in [0.25, 0.3) is 0 Å². The third-order valence-electron chi connectivity index (χ3n) is 5.09. The van der Waals surface area contributed by atoms with Gasteiger partial charge in [0.05, 0.1) is 33.3 Å². The number of phenolic OH excluding ortho intramolecular Hbond substituents is 1. The molecule has 140 valence electrons. The van der Waals surface area contributed by atoms with Gasteiger partial charge in [0.1, 0.15) is 11.3 Å². The minimum Gasteiger partial charge on any atom is -0.508 e. The fourth-order valence-electron chi connectivity index (χ4n) is 3.36. The zero-order chi connectivity index (χ0) is 19.1. The monoisotopic (exact) mass is 398 g/mol. The van der Waals surface area contributed by atoms with Crippen LogP contribution in [0.25, 0.3) is 0 Å². The Morgan fingerprint density at radius 1 is 1.42 bits per heavy atom. The van der Waals surface area contributed by atoms with Crippen LogP contribution in [0.5, 0.6) is 5.75 Å². The summed E-state index contributed by atoms with van der Waals surface area (Å²) >= 11 is 5.99. The topological polar surface area (TPSA) is 116 Å². The minimum absolute atomic E-state index is 0.0618. The molecule has 3 atom stereocenters. The number of amides is 1. The molecule has 9 heteroatoms. The molecule has 0 unspecified atom stereocenters.